The molecule has 0 aliphatic carbocycles. The van der Waals surface area contributed by atoms with Crippen LogP contribution in [-0.4, -0.2) is 18.0 Å². The molecule has 0 aliphatic rings. The normalized spacial score (nSPS) is 11.9. The number of anilines is 1. The number of carbonyl (C=O) groups is 2. The zero-order valence-corrected chi connectivity index (χ0v) is 14.0. The Morgan fingerprint density at radius 3 is 2.62 bits per heavy atom. The van der Waals surface area contributed by atoms with Gasteiger partial charge in [0.15, 0.2) is 6.10 Å². The van der Waals surface area contributed by atoms with Gasteiger partial charge in [-0.2, -0.15) is 0 Å². The summed E-state index contributed by atoms with van der Waals surface area (Å²) in [6.45, 7) is 1.57. The van der Waals surface area contributed by atoms with E-state index in [-0.39, 0.29) is 12.3 Å². The van der Waals surface area contributed by atoms with E-state index >= 15 is 0 Å². The van der Waals surface area contributed by atoms with E-state index in [1.54, 1.807) is 6.92 Å². The van der Waals surface area contributed by atoms with Crippen LogP contribution in [0.25, 0.3) is 10.8 Å². The van der Waals surface area contributed by atoms with Gasteiger partial charge in [-0.3, -0.25) is 9.59 Å². The van der Waals surface area contributed by atoms with Gasteiger partial charge in [0.1, 0.15) is 0 Å². The first-order valence-electron chi connectivity index (χ1n) is 7.63. The smallest absolute Gasteiger partial charge is 0.311 e. The van der Waals surface area contributed by atoms with Gasteiger partial charge < -0.3 is 10.1 Å². The highest BCUT2D eigenvalue weighted by atomic mass is 32.1. The molecular formula is C19H17NO3S. The Hall–Kier alpha value is -2.66. The molecule has 3 rings (SSSR count). The molecule has 122 valence electrons. The van der Waals surface area contributed by atoms with Crippen molar-refractivity contribution in [3.8, 4) is 0 Å². The number of hydrogen-bond donors (Lipinski definition) is 1. The minimum Gasteiger partial charge on any atom is -0.452 e. The van der Waals surface area contributed by atoms with Crippen LogP contribution >= 0.6 is 11.3 Å². The molecule has 1 heterocycles. The average Bonchev–Trinajstić information content (AvgIpc) is 3.07. The van der Waals surface area contributed by atoms with E-state index in [1.165, 1.54) is 11.3 Å². The van der Waals surface area contributed by atoms with E-state index in [4.69, 9.17) is 4.74 Å². The monoisotopic (exact) mass is 339 g/mol. The standard InChI is InChI=1S/C19H17NO3S/c1-13(23-18(21)12-17-7-4-10-24-17)19(22)20-16-9-8-14-5-2-3-6-15(14)11-16/h2-11,13H,12H2,1H3,(H,20,22)/t13-/m1/s1. The van der Waals surface area contributed by atoms with Crippen molar-refractivity contribution < 1.29 is 14.3 Å². The number of carbonyl (C=O) groups excluding carboxylic acids is 2. The number of amides is 1. The summed E-state index contributed by atoms with van der Waals surface area (Å²) < 4.78 is 5.20. The second-order valence-corrected chi connectivity index (χ2v) is 6.47. The molecule has 0 unspecified atom stereocenters. The van der Waals surface area contributed by atoms with Crippen LogP contribution in [-0.2, 0) is 20.7 Å². The van der Waals surface area contributed by atoms with Crippen LogP contribution < -0.4 is 5.32 Å². The van der Waals surface area contributed by atoms with E-state index in [9.17, 15) is 9.59 Å². The number of fused-ring (bicyclic) bond motifs is 1. The van der Waals surface area contributed by atoms with Gasteiger partial charge in [0.05, 0.1) is 6.42 Å². The fraction of sp³-hybridized carbons (Fsp3) is 0.158. The lowest BCUT2D eigenvalue weighted by Crippen LogP contribution is -2.30. The Morgan fingerprint density at radius 1 is 1.08 bits per heavy atom. The minimum atomic E-state index is -0.844. The van der Waals surface area contributed by atoms with E-state index in [1.807, 2.05) is 60.0 Å². The van der Waals surface area contributed by atoms with Gasteiger partial charge in [0.25, 0.3) is 5.91 Å². The first-order chi connectivity index (χ1) is 11.6. The number of benzene rings is 2. The molecule has 3 aromatic rings. The average molecular weight is 339 g/mol. The van der Waals surface area contributed by atoms with E-state index < -0.39 is 12.1 Å². The summed E-state index contributed by atoms with van der Waals surface area (Å²) in [6, 6.07) is 17.3. The molecule has 0 fully saturated rings. The summed E-state index contributed by atoms with van der Waals surface area (Å²) in [4.78, 5) is 25.0. The lowest BCUT2D eigenvalue weighted by atomic mass is 10.1. The summed E-state index contributed by atoms with van der Waals surface area (Å²) in [5.41, 5.74) is 0.680. The predicted molar refractivity (Wildman–Crippen MR) is 96.2 cm³/mol. The Morgan fingerprint density at radius 2 is 1.88 bits per heavy atom. The molecule has 0 radical (unpaired) electrons. The Balaban J connectivity index is 1.59. The molecule has 1 atom stereocenters. The highest BCUT2D eigenvalue weighted by Gasteiger charge is 2.18. The highest BCUT2D eigenvalue weighted by molar-refractivity contribution is 7.10. The topological polar surface area (TPSA) is 55.4 Å². The molecule has 0 saturated carbocycles. The van der Waals surface area contributed by atoms with Crippen molar-refractivity contribution in [1.82, 2.24) is 0 Å². The van der Waals surface area contributed by atoms with Crippen molar-refractivity contribution in [2.45, 2.75) is 19.4 Å². The van der Waals surface area contributed by atoms with Gasteiger partial charge >= 0.3 is 5.97 Å². The van der Waals surface area contributed by atoms with E-state index in [0.29, 0.717) is 5.69 Å². The van der Waals surface area contributed by atoms with E-state index in [0.717, 1.165) is 15.6 Å². The molecule has 1 amide bonds. The lowest BCUT2D eigenvalue weighted by Gasteiger charge is -2.13. The predicted octanol–water partition coefficient (Wildman–Crippen LogP) is 4.01. The summed E-state index contributed by atoms with van der Waals surface area (Å²) in [5.74, 6) is -0.747. The summed E-state index contributed by atoms with van der Waals surface area (Å²) in [7, 11) is 0. The van der Waals surface area contributed by atoms with Crippen molar-refractivity contribution in [3.05, 3.63) is 64.9 Å². The van der Waals surface area contributed by atoms with Crippen LogP contribution in [0.5, 0.6) is 0 Å². The molecule has 0 aliphatic heterocycles. The van der Waals surface area contributed by atoms with Crippen LogP contribution in [0.3, 0.4) is 0 Å². The van der Waals surface area contributed by atoms with Crippen molar-refractivity contribution in [2.75, 3.05) is 5.32 Å². The molecule has 0 saturated heterocycles. The van der Waals surface area contributed by atoms with Gasteiger partial charge in [-0.1, -0.05) is 36.4 Å². The van der Waals surface area contributed by atoms with Gasteiger partial charge in [-0.05, 0) is 41.3 Å². The summed E-state index contributed by atoms with van der Waals surface area (Å²) in [6.07, 6.45) is -0.658. The van der Waals surface area contributed by atoms with Crippen molar-refractivity contribution >= 4 is 39.7 Å². The van der Waals surface area contributed by atoms with Crippen LogP contribution in [0.1, 0.15) is 11.8 Å². The fourth-order valence-electron chi connectivity index (χ4n) is 2.36. The third kappa shape index (κ3) is 4.00. The maximum atomic E-state index is 12.2. The summed E-state index contributed by atoms with van der Waals surface area (Å²) >= 11 is 1.49. The second-order valence-electron chi connectivity index (χ2n) is 5.44. The number of nitrogens with one attached hydrogen (secondary N) is 1. The fourth-order valence-corrected chi connectivity index (χ4v) is 3.05. The van der Waals surface area contributed by atoms with Gasteiger partial charge in [-0.15, -0.1) is 11.3 Å². The SMILES string of the molecule is C[C@@H](OC(=O)Cc1cccs1)C(=O)Nc1ccc2ccccc2c1. The number of hydrogen-bond acceptors (Lipinski definition) is 4. The lowest BCUT2D eigenvalue weighted by molar-refractivity contribution is -0.152. The molecule has 24 heavy (non-hydrogen) atoms. The van der Waals surface area contributed by atoms with Gasteiger partial charge in [0, 0.05) is 10.6 Å². The summed E-state index contributed by atoms with van der Waals surface area (Å²) in [5, 5.41) is 6.83. The molecular weight excluding hydrogens is 322 g/mol. The first kappa shape index (κ1) is 16.2. The zero-order chi connectivity index (χ0) is 16.9. The number of thiophene rings is 1. The van der Waals surface area contributed by atoms with Crippen LogP contribution in [0.4, 0.5) is 5.69 Å². The largest absolute Gasteiger partial charge is 0.452 e. The minimum absolute atomic E-state index is 0.186. The number of rotatable bonds is 5. The molecule has 2 aromatic carbocycles. The molecule has 5 heteroatoms. The van der Waals surface area contributed by atoms with Crippen molar-refractivity contribution in [3.63, 3.8) is 0 Å². The Labute approximate surface area is 144 Å². The maximum absolute atomic E-state index is 12.2. The van der Waals surface area contributed by atoms with E-state index in [2.05, 4.69) is 5.32 Å². The molecule has 0 spiro atoms. The highest BCUT2D eigenvalue weighted by Crippen LogP contribution is 2.19. The molecule has 0 bridgehead atoms. The Kier molecular flexibility index (Phi) is 4.91. The quantitative estimate of drug-likeness (QED) is 0.715. The van der Waals surface area contributed by atoms with Gasteiger partial charge in [0.2, 0.25) is 0 Å². The third-order valence-electron chi connectivity index (χ3n) is 3.59. The first-order valence-corrected chi connectivity index (χ1v) is 8.51. The third-order valence-corrected chi connectivity index (χ3v) is 4.47. The van der Waals surface area contributed by atoms with Crippen LogP contribution in [0, 0.1) is 0 Å². The molecule has 1 aromatic heterocycles. The number of ether oxygens (including phenoxy) is 1. The second kappa shape index (κ2) is 7.27. The Bertz CT molecular complexity index is 858. The number of esters is 1. The van der Waals surface area contributed by atoms with Crippen LogP contribution in [0.2, 0.25) is 0 Å². The maximum Gasteiger partial charge on any atom is 0.311 e. The van der Waals surface area contributed by atoms with Crippen molar-refractivity contribution in [2.24, 2.45) is 0 Å². The molecule has 4 nitrogen and oxygen atoms in total. The zero-order valence-electron chi connectivity index (χ0n) is 13.2. The van der Waals surface area contributed by atoms with Crippen LogP contribution in [0.15, 0.2) is 60.0 Å². The van der Waals surface area contributed by atoms with Gasteiger partial charge in [-0.25, -0.2) is 0 Å². The molecule has 1 N–H and O–H groups in total. The van der Waals surface area contributed by atoms with Crippen molar-refractivity contribution in [1.29, 1.82) is 0 Å².